The van der Waals surface area contributed by atoms with Crippen molar-refractivity contribution in [2.24, 2.45) is 11.8 Å². The molecule has 5 heteroatoms. The van der Waals surface area contributed by atoms with Crippen LogP contribution in [-0.2, 0) is 4.79 Å². The van der Waals surface area contributed by atoms with Gasteiger partial charge in [-0.3, -0.25) is 4.79 Å². The predicted octanol–water partition coefficient (Wildman–Crippen LogP) is 3.71. The number of amides is 1. The molecule has 1 spiro atoms. The van der Waals surface area contributed by atoms with Crippen molar-refractivity contribution < 1.29 is 4.79 Å². The summed E-state index contributed by atoms with van der Waals surface area (Å²) < 4.78 is 0.405. The summed E-state index contributed by atoms with van der Waals surface area (Å²) in [6.07, 6.45) is 10.1. The molecule has 0 bridgehead atoms. The highest BCUT2D eigenvalue weighted by atomic mass is 35.5. The van der Waals surface area contributed by atoms with E-state index in [4.69, 9.17) is 0 Å². The zero-order chi connectivity index (χ0) is 15.4. The lowest BCUT2D eigenvalue weighted by Gasteiger charge is -2.45. The molecule has 1 N–H and O–H groups in total. The molecule has 2 heterocycles. The van der Waals surface area contributed by atoms with Gasteiger partial charge in [-0.15, -0.1) is 12.4 Å². The Morgan fingerprint density at radius 3 is 2.78 bits per heavy atom. The second kappa shape index (κ2) is 8.96. The van der Waals surface area contributed by atoms with E-state index in [1.165, 1.54) is 44.9 Å². The fourth-order valence-electron chi connectivity index (χ4n) is 4.49. The van der Waals surface area contributed by atoms with E-state index in [2.05, 4.69) is 28.9 Å². The Morgan fingerprint density at radius 1 is 1.30 bits per heavy atom. The van der Waals surface area contributed by atoms with Gasteiger partial charge in [0.1, 0.15) is 0 Å². The standard InChI is InChI=1S/C18H32N2OS.ClH/c1-15(16-6-5-9-19-13-16)12-17(21)20-10-11-22-18(14-20)7-3-2-4-8-18;/h15-16,19H,2-14H2,1H3;1H. The smallest absolute Gasteiger partial charge is 0.222 e. The average Bonchev–Trinajstić information content (AvgIpc) is 2.56. The summed E-state index contributed by atoms with van der Waals surface area (Å²) in [7, 11) is 0. The summed E-state index contributed by atoms with van der Waals surface area (Å²) in [5.41, 5.74) is 0. The predicted molar refractivity (Wildman–Crippen MR) is 101 cm³/mol. The van der Waals surface area contributed by atoms with Crippen LogP contribution in [0.5, 0.6) is 0 Å². The minimum atomic E-state index is 0. The number of piperidine rings is 1. The van der Waals surface area contributed by atoms with Gasteiger partial charge in [0.15, 0.2) is 0 Å². The van der Waals surface area contributed by atoms with E-state index >= 15 is 0 Å². The van der Waals surface area contributed by atoms with Crippen LogP contribution in [-0.4, -0.2) is 47.5 Å². The zero-order valence-corrected chi connectivity index (χ0v) is 16.2. The normalized spacial score (nSPS) is 28.9. The summed E-state index contributed by atoms with van der Waals surface area (Å²) in [6, 6.07) is 0. The van der Waals surface area contributed by atoms with Crippen LogP contribution in [0.4, 0.5) is 0 Å². The summed E-state index contributed by atoms with van der Waals surface area (Å²) in [5.74, 6) is 2.78. The van der Waals surface area contributed by atoms with Crippen LogP contribution < -0.4 is 5.32 Å². The van der Waals surface area contributed by atoms with Crippen LogP contribution >= 0.6 is 24.2 Å². The fraction of sp³-hybridized carbons (Fsp3) is 0.944. The van der Waals surface area contributed by atoms with Gasteiger partial charge in [-0.05, 0) is 50.6 Å². The van der Waals surface area contributed by atoms with Gasteiger partial charge in [-0.2, -0.15) is 11.8 Å². The third-order valence-electron chi connectivity index (χ3n) is 6.00. The molecular formula is C18H33ClN2OS. The summed E-state index contributed by atoms with van der Waals surface area (Å²) in [6.45, 7) is 6.54. The van der Waals surface area contributed by atoms with Gasteiger partial charge in [0.25, 0.3) is 0 Å². The van der Waals surface area contributed by atoms with E-state index in [1.54, 1.807) is 0 Å². The van der Waals surface area contributed by atoms with Gasteiger partial charge in [0.05, 0.1) is 0 Å². The molecule has 2 unspecified atom stereocenters. The Hall–Kier alpha value is 0.0700. The SMILES string of the molecule is CC(CC(=O)N1CCSC2(CCCCC2)C1)C1CCCNC1.Cl. The van der Waals surface area contributed by atoms with Gasteiger partial charge in [-0.1, -0.05) is 26.2 Å². The third-order valence-corrected chi connectivity index (χ3v) is 7.54. The van der Waals surface area contributed by atoms with E-state index in [9.17, 15) is 4.79 Å². The van der Waals surface area contributed by atoms with Gasteiger partial charge in [0.2, 0.25) is 5.91 Å². The Bertz CT molecular complexity index is 376. The molecule has 3 fully saturated rings. The number of thioether (sulfide) groups is 1. The minimum Gasteiger partial charge on any atom is -0.340 e. The molecule has 1 amide bonds. The first-order valence-corrected chi connectivity index (χ1v) is 10.3. The first-order valence-electron chi connectivity index (χ1n) is 9.31. The molecule has 2 aliphatic heterocycles. The summed E-state index contributed by atoms with van der Waals surface area (Å²) in [5, 5.41) is 3.49. The number of nitrogens with zero attached hydrogens (tertiary/aromatic N) is 1. The second-order valence-electron chi connectivity index (χ2n) is 7.70. The second-order valence-corrected chi connectivity index (χ2v) is 9.26. The van der Waals surface area contributed by atoms with E-state index in [0.717, 1.165) is 38.4 Å². The first-order chi connectivity index (χ1) is 10.7. The Balaban J connectivity index is 0.00000192. The molecule has 0 aromatic rings. The molecule has 3 rings (SSSR count). The highest BCUT2D eigenvalue weighted by molar-refractivity contribution is 8.00. The molecule has 134 valence electrons. The first kappa shape index (κ1) is 19.4. The molecular weight excluding hydrogens is 328 g/mol. The van der Waals surface area contributed by atoms with Crippen molar-refractivity contribution in [3.8, 4) is 0 Å². The van der Waals surface area contributed by atoms with Crippen molar-refractivity contribution in [1.29, 1.82) is 0 Å². The zero-order valence-electron chi connectivity index (χ0n) is 14.5. The van der Waals surface area contributed by atoms with Crippen LogP contribution in [0.15, 0.2) is 0 Å². The van der Waals surface area contributed by atoms with E-state index in [-0.39, 0.29) is 12.4 Å². The Morgan fingerprint density at radius 2 is 2.09 bits per heavy atom. The summed E-state index contributed by atoms with van der Waals surface area (Å²) in [4.78, 5) is 15.0. The molecule has 0 aromatic heterocycles. The Labute approximate surface area is 152 Å². The lowest BCUT2D eigenvalue weighted by Crippen LogP contribution is -2.50. The average molecular weight is 361 g/mol. The van der Waals surface area contributed by atoms with Gasteiger partial charge in [-0.25, -0.2) is 0 Å². The fourth-order valence-corrected chi connectivity index (χ4v) is 6.06. The van der Waals surface area contributed by atoms with Crippen LogP contribution in [0, 0.1) is 11.8 Å². The van der Waals surface area contributed by atoms with E-state index in [0.29, 0.717) is 22.5 Å². The highest BCUT2D eigenvalue weighted by Crippen LogP contribution is 2.43. The van der Waals surface area contributed by atoms with Crippen molar-refractivity contribution >= 4 is 30.1 Å². The molecule has 0 radical (unpaired) electrons. The molecule has 1 saturated carbocycles. The largest absolute Gasteiger partial charge is 0.340 e. The van der Waals surface area contributed by atoms with Gasteiger partial charge in [0, 0.05) is 30.0 Å². The molecule has 3 aliphatic rings. The van der Waals surface area contributed by atoms with Crippen molar-refractivity contribution in [3.05, 3.63) is 0 Å². The van der Waals surface area contributed by atoms with Gasteiger partial charge < -0.3 is 10.2 Å². The van der Waals surface area contributed by atoms with E-state index < -0.39 is 0 Å². The van der Waals surface area contributed by atoms with Crippen LogP contribution in [0.25, 0.3) is 0 Å². The Kier molecular flexibility index (Phi) is 7.56. The van der Waals surface area contributed by atoms with Crippen molar-refractivity contribution in [3.63, 3.8) is 0 Å². The van der Waals surface area contributed by atoms with Crippen LogP contribution in [0.1, 0.15) is 58.3 Å². The van der Waals surface area contributed by atoms with Crippen LogP contribution in [0.3, 0.4) is 0 Å². The number of rotatable bonds is 3. The summed E-state index contributed by atoms with van der Waals surface area (Å²) >= 11 is 2.15. The number of hydrogen-bond donors (Lipinski definition) is 1. The quantitative estimate of drug-likeness (QED) is 0.832. The van der Waals surface area contributed by atoms with Crippen molar-refractivity contribution in [2.75, 3.05) is 31.9 Å². The molecule has 23 heavy (non-hydrogen) atoms. The third kappa shape index (κ3) is 5.02. The maximum absolute atomic E-state index is 12.8. The van der Waals surface area contributed by atoms with Crippen molar-refractivity contribution in [2.45, 2.75) is 63.0 Å². The lowest BCUT2D eigenvalue weighted by atomic mass is 9.84. The molecule has 1 aliphatic carbocycles. The van der Waals surface area contributed by atoms with Gasteiger partial charge >= 0.3 is 0 Å². The highest BCUT2D eigenvalue weighted by Gasteiger charge is 2.39. The van der Waals surface area contributed by atoms with Crippen LogP contribution in [0.2, 0.25) is 0 Å². The lowest BCUT2D eigenvalue weighted by molar-refractivity contribution is -0.133. The number of carbonyl (C=O) groups excluding carboxylic acids is 1. The molecule has 2 atom stereocenters. The minimum absolute atomic E-state index is 0. The maximum atomic E-state index is 12.8. The number of carbonyl (C=O) groups is 1. The topological polar surface area (TPSA) is 32.3 Å². The maximum Gasteiger partial charge on any atom is 0.222 e. The number of nitrogens with one attached hydrogen (secondary N) is 1. The number of halogens is 1. The monoisotopic (exact) mass is 360 g/mol. The number of hydrogen-bond acceptors (Lipinski definition) is 3. The molecule has 3 nitrogen and oxygen atoms in total. The molecule has 0 aromatic carbocycles. The molecule has 2 saturated heterocycles. The van der Waals surface area contributed by atoms with E-state index in [1.807, 2.05) is 0 Å². The van der Waals surface area contributed by atoms with Crippen molar-refractivity contribution in [1.82, 2.24) is 10.2 Å².